The lowest BCUT2D eigenvalue weighted by Crippen LogP contribution is -2.45. The van der Waals surface area contributed by atoms with E-state index >= 15 is 0 Å². The Morgan fingerprint density at radius 2 is 1.89 bits per heavy atom. The zero-order valence-electron chi connectivity index (χ0n) is 16.7. The van der Waals surface area contributed by atoms with Crippen LogP contribution in [0.4, 0.5) is 0 Å². The van der Waals surface area contributed by atoms with Gasteiger partial charge in [0.15, 0.2) is 5.96 Å². The Kier molecular flexibility index (Phi) is 13.0. The van der Waals surface area contributed by atoms with Crippen molar-refractivity contribution in [2.24, 2.45) is 4.99 Å². The fraction of sp³-hybridized carbons (Fsp3) is 0.889. The van der Waals surface area contributed by atoms with Crippen LogP contribution in [0.2, 0.25) is 0 Å². The Morgan fingerprint density at radius 1 is 1.15 bits per heavy atom. The molecule has 0 aromatic rings. The molecule has 2 aliphatic heterocycles. The maximum atomic E-state index is 11.8. The molecular weight excluding hydrogens is 461 g/mol. The zero-order chi connectivity index (χ0) is 18.6. The van der Waals surface area contributed by atoms with Crippen LogP contribution in [-0.4, -0.2) is 101 Å². The quantitative estimate of drug-likeness (QED) is 0.289. The molecule has 0 aromatic carbocycles. The number of morpholine rings is 1. The van der Waals surface area contributed by atoms with Crippen molar-refractivity contribution >= 4 is 35.8 Å². The van der Waals surface area contributed by atoms with Crippen LogP contribution in [0, 0.1) is 0 Å². The number of halogens is 1. The highest BCUT2D eigenvalue weighted by Gasteiger charge is 2.14. The lowest BCUT2D eigenvalue weighted by molar-refractivity contribution is -0.127. The first-order valence-corrected chi connectivity index (χ1v) is 9.79. The molecule has 0 aromatic heterocycles. The van der Waals surface area contributed by atoms with Crippen molar-refractivity contribution in [1.82, 2.24) is 20.4 Å². The highest BCUT2D eigenvalue weighted by molar-refractivity contribution is 14.0. The van der Waals surface area contributed by atoms with Gasteiger partial charge in [-0.25, -0.2) is 4.99 Å². The number of hydrogen-bond donors (Lipinski definition) is 2. The third kappa shape index (κ3) is 10.5. The molecule has 0 radical (unpaired) electrons. The van der Waals surface area contributed by atoms with E-state index in [4.69, 9.17) is 9.47 Å². The number of nitrogens with one attached hydrogen (secondary N) is 2. The van der Waals surface area contributed by atoms with Gasteiger partial charge in [0.25, 0.3) is 0 Å². The van der Waals surface area contributed by atoms with Crippen LogP contribution in [-0.2, 0) is 14.3 Å². The zero-order valence-corrected chi connectivity index (χ0v) is 19.1. The number of likely N-dealkylation sites (N-methyl/N-ethyl adjacent to an activating group) is 1. The Labute approximate surface area is 180 Å². The van der Waals surface area contributed by atoms with Gasteiger partial charge in [-0.05, 0) is 25.7 Å². The Bertz CT molecular complexity index is 413. The number of hydrogen-bond acceptors (Lipinski definition) is 5. The van der Waals surface area contributed by atoms with E-state index in [1.165, 1.54) is 12.8 Å². The number of ether oxygens (including phenoxy) is 2. The molecule has 2 heterocycles. The summed E-state index contributed by atoms with van der Waals surface area (Å²) in [5.74, 6) is 0.694. The van der Waals surface area contributed by atoms with E-state index in [1.54, 1.807) is 19.0 Å². The molecule has 0 bridgehead atoms. The van der Waals surface area contributed by atoms with Gasteiger partial charge in [-0.3, -0.25) is 9.69 Å². The minimum atomic E-state index is -0.00473. The molecule has 0 spiro atoms. The third-order valence-electron chi connectivity index (χ3n) is 4.73. The summed E-state index contributed by atoms with van der Waals surface area (Å²) in [6.07, 6.45) is 4.87. The van der Waals surface area contributed by atoms with Crippen LogP contribution < -0.4 is 10.6 Å². The second kappa shape index (κ2) is 14.4. The van der Waals surface area contributed by atoms with Gasteiger partial charge in [-0.1, -0.05) is 0 Å². The lowest BCUT2D eigenvalue weighted by atomic mass is 10.1. The maximum absolute atomic E-state index is 11.8. The van der Waals surface area contributed by atoms with Crippen molar-refractivity contribution in [2.75, 3.05) is 73.2 Å². The fourth-order valence-corrected chi connectivity index (χ4v) is 3.01. The number of carbonyl (C=O) groups excluding carboxylic acids is 1. The highest BCUT2D eigenvalue weighted by atomic mass is 127. The maximum Gasteiger partial charge on any atom is 0.243 e. The normalized spacial score (nSPS) is 21.3. The van der Waals surface area contributed by atoms with Gasteiger partial charge in [-0.15, -0.1) is 24.0 Å². The van der Waals surface area contributed by atoms with Gasteiger partial charge < -0.3 is 25.0 Å². The third-order valence-corrected chi connectivity index (χ3v) is 4.73. The predicted molar refractivity (Wildman–Crippen MR) is 118 cm³/mol. The van der Waals surface area contributed by atoms with E-state index in [-0.39, 0.29) is 36.4 Å². The molecule has 2 rings (SSSR count). The average Bonchev–Trinajstić information content (AvgIpc) is 2.67. The molecule has 158 valence electrons. The van der Waals surface area contributed by atoms with Crippen LogP contribution >= 0.6 is 24.0 Å². The van der Waals surface area contributed by atoms with Gasteiger partial charge in [0.2, 0.25) is 5.91 Å². The molecule has 0 saturated carbocycles. The first-order chi connectivity index (χ1) is 12.6. The van der Waals surface area contributed by atoms with Crippen LogP contribution in [0.3, 0.4) is 0 Å². The molecule has 2 saturated heterocycles. The summed E-state index contributed by atoms with van der Waals surface area (Å²) in [5.41, 5.74) is 0. The number of amides is 1. The second-order valence-electron chi connectivity index (χ2n) is 7.04. The summed E-state index contributed by atoms with van der Waals surface area (Å²) in [5, 5.41) is 6.69. The lowest BCUT2D eigenvalue weighted by Gasteiger charge is -2.27. The number of carbonyl (C=O) groups is 1. The molecule has 8 nitrogen and oxygen atoms in total. The van der Waals surface area contributed by atoms with Gasteiger partial charge in [0, 0.05) is 53.4 Å². The van der Waals surface area contributed by atoms with Crippen molar-refractivity contribution in [1.29, 1.82) is 0 Å². The summed E-state index contributed by atoms with van der Waals surface area (Å²) >= 11 is 0. The molecular formula is C18H36IN5O3. The highest BCUT2D eigenvalue weighted by Crippen LogP contribution is 2.14. The van der Waals surface area contributed by atoms with Crippen molar-refractivity contribution < 1.29 is 14.3 Å². The van der Waals surface area contributed by atoms with Crippen molar-refractivity contribution in [3.05, 3.63) is 0 Å². The molecule has 1 atom stereocenters. The monoisotopic (exact) mass is 497 g/mol. The Balaban J connectivity index is 0.00000364. The number of rotatable bonds is 8. The largest absolute Gasteiger partial charge is 0.379 e. The fourth-order valence-electron chi connectivity index (χ4n) is 3.01. The molecule has 2 fully saturated rings. The number of guanidine groups is 1. The number of aliphatic imine (C=N–C) groups is 1. The van der Waals surface area contributed by atoms with Gasteiger partial charge in [-0.2, -0.15) is 0 Å². The molecule has 9 heteroatoms. The summed E-state index contributed by atoms with van der Waals surface area (Å²) in [7, 11) is 3.49. The molecule has 2 aliphatic rings. The standard InChI is InChI=1S/C18H35N5O3.HI/c1-22(2)17(24)15-21-18(19-7-6-16-5-3-4-12-26-16)20-8-9-23-10-13-25-14-11-23;/h16H,3-15H2,1-2H3,(H2,19,20,21);1H. The molecule has 2 N–H and O–H groups in total. The molecule has 1 unspecified atom stereocenters. The van der Waals surface area contributed by atoms with E-state index in [2.05, 4.69) is 20.5 Å². The summed E-state index contributed by atoms with van der Waals surface area (Å²) < 4.78 is 11.1. The van der Waals surface area contributed by atoms with Crippen LogP contribution in [0.15, 0.2) is 4.99 Å². The first kappa shape index (κ1) is 24.4. The molecule has 27 heavy (non-hydrogen) atoms. The molecule has 1 amide bonds. The number of nitrogens with zero attached hydrogens (tertiary/aromatic N) is 3. The second-order valence-corrected chi connectivity index (χ2v) is 7.04. The van der Waals surface area contributed by atoms with Crippen LogP contribution in [0.1, 0.15) is 25.7 Å². The predicted octanol–water partition coefficient (Wildman–Crippen LogP) is 0.519. The van der Waals surface area contributed by atoms with Crippen molar-refractivity contribution in [3.63, 3.8) is 0 Å². The van der Waals surface area contributed by atoms with Crippen molar-refractivity contribution in [3.8, 4) is 0 Å². The van der Waals surface area contributed by atoms with Crippen LogP contribution in [0.25, 0.3) is 0 Å². The van der Waals surface area contributed by atoms with E-state index in [9.17, 15) is 4.79 Å². The average molecular weight is 497 g/mol. The van der Waals surface area contributed by atoms with Gasteiger partial charge in [0.1, 0.15) is 6.54 Å². The minimum Gasteiger partial charge on any atom is -0.379 e. The van der Waals surface area contributed by atoms with E-state index in [0.29, 0.717) is 12.1 Å². The summed E-state index contributed by atoms with van der Waals surface area (Å²) in [6.45, 7) is 7.11. The summed E-state index contributed by atoms with van der Waals surface area (Å²) in [4.78, 5) is 20.2. The van der Waals surface area contributed by atoms with E-state index in [1.807, 2.05) is 0 Å². The topological polar surface area (TPSA) is 78.4 Å². The van der Waals surface area contributed by atoms with E-state index < -0.39 is 0 Å². The Morgan fingerprint density at radius 3 is 2.56 bits per heavy atom. The Hall–Kier alpha value is -0.650. The van der Waals surface area contributed by atoms with Crippen molar-refractivity contribution in [2.45, 2.75) is 31.8 Å². The first-order valence-electron chi connectivity index (χ1n) is 9.79. The van der Waals surface area contributed by atoms with E-state index in [0.717, 1.165) is 65.4 Å². The summed E-state index contributed by atoms with van der Waals surface area (Å²) in [6, 6.07) is 0. The smallest absolute Gasteiger partial charge is 0.243 e. The van der Waals surface area contributed by atoms with Gasteiger partial charge >= 0.3 is 0 Å². The minimum absolute atomic E-state index is 0. The van der Waals surface area contributed by atoms with Crippen LogP contribution in [0.5, 0.6) is 0 Å². The SMILES string of the molecule is CN(C)C(=O)CN=C(NCCC1CCCCO1)NCCN1CCOCC1.I. The molecule has 0 aliphatic carbocycles. The van der Waals surface area contributed by atoms with Gasteiger partial charge in [0.05, 0.1) is 19.3 Å².